The monoisotopic (exact) mass is 285 g/mol. The highest BCUT2D eigenvalue weighted by atomic mass is 15.2. The van der Waals surface area contributed by atoms with Crippen LogP contribution in [0.1, 0.15) is 24.5 Å². The number of aromatic nitrogens is 2. The van der Waals surface area contributed by atoms with Gasteiger partial charge in [-0.2, -0.15) is 0 Å². The first-order valence-corrected chi connectivity index (χ1v) is 7.30. The predicted molar refractivity (Wildman–Crippen MR) is 86.3 cm³/mol. The van der Waals surface area contributed by atoms with Gasteiger partial charge in [0.1, 0.15) is 0 Å². The van der Waals surface area contributed by atoms with E-state index < -0.39 is 0 Å². The van der Waals surface area contributed by atoms with Crippen molar-refractivity contribution in [3.63, 3.8) is 0 Å². The highest BCUT2D eigenvalue weighted by molar-refractivity contribution is 5.79. The molecular weight excluding hydrogens is 262 g/mol. The van der Waals surface area contributed by atoms with Crippen molar-refractivity contribution < 1.29 is 0 Å². The molecule has 0 saturated carbocycles. The summed E-state index contributed by atoms with van der Waals surface area (Å²) in [5.74, 6) is 0.844. The van der Waals surface area contributed by atoms with Crippen LogP contribution in [0.5, 0.6) is 0 Å². The van der Waals surface area contributed by atoms with Gasteiger partial charge in [0.2, 0.25) is 0 Å². The van der Waals surface area contributed by atoms with E-state index in [0.717, 1.165) is 32.0 Å². The van der Waals surface area contributed by atoms with Crippen LogP contribution >= 0.6 is 0 Å². The van der Waals surface area contributed by atoms with Crippen molar-refractivity contribution in [1.82, 2.24) is 20.2 Å². The first kappa shape index (κ1) is 15.1. The number of rotatable bonds is 6. The Balaban J connectivity index is 1.91. The van der Waals surface area contributed by atoms with Crippen molar-refractivity contribution in [3.05, 3.63) is 54.1 Å². The normalized spacial score (nSPS) is 11.4. The largest absolute Gasteiger partial charge is 0.356 e. The molecular formula is C16H23N5. The molecule has 2 aromatic rings. The van der Waals surface area contributed by atoms with E-state index in [4.69, 9.17) is 0 Å². The summed E-state index contributed by atoms with van der Waals surface area (Å²) in [6.45, 7) is 4.68. The predicted octanol–water partition coefficient (Wildman–Crippen LogP) is 2.01. The van der Waals surface area contributed by atoms with Gasteiger partial charge in [0.25, 0.3) is 0 Å². The number of guanidine groups is 1. The number of imidazole rings is 1. The fourth-order valence-electron chi connectivity index (χ4n) is 2.08. The molecule has 0 spiro atoms. The smallest absolute Gasteiger partial charge is 0.191 e. The SMILES string of the molecule is CCCNC(=NC)NCc1cccc(Cn2ccnc2)c1. The molecule has 0 unspecified atom stereocenters. The van der Waals surface area contributed by atoms with E-state index in [1.807, 2.05) is 12.5 Å². The zero-order chi connectivity index (χ0) is 14.9. The summed E-state index contributed by atoms with van der Waals surface area (Å²) < 4.78 is 2.06. The van der Waals surface area contributed by atoms with Crippen LogP contribution in [0.15, 0.2) is 48.0 Å². The minimum Gasteiger partial charge on any atom is -0.356 e. The van der Waals surface area contributed by atoms with Gasteiger partial charge in [-0.25, -0.2) is 4.98 Å². The van der Waals surface area contributed by atoms with Crippen LogP contribution < -0.4 is 10.6 Å². The van der Waals surface area contributed by atoms with Crippen molar-refractivity contribution in [2.75, 3.05) is 13.6 Å². The summed E-state index contributed by atoms with van der Waals surface area (Å²) in [5, 5.41) is 6.59. The molecule has 0 atom stereocenters. The van der Waals surface area contributed by atoms with E-state index in [9.17, 15) is 0 Å². The Labute approximate surface area is 126 Å². The number of nitrogens with zero attached hydrogens (tertiary/aromatic N) is 3. The lowest BCUT2D eigenvalue weighted by Crippen LogP contribution is -2.37. The quantitative estimate of drug-likeness (QED) is 0.630. The third-order valence-corrected chi connectivity index (χ3v) is 3.14. The van der Waals surface area contributed by atoms with Gasteiger partial charge in [-0.05, 0) is 17.5 Å². The van der Waals surface area contributed by atoms with Gasteiger partial charge in [-0.1, -0.05) is 31.2 Å². The Kier molecular flexibility index (Phi) is 5.82. The van der Waals surface area contributed by atoms with E-state index in [1.54, 1.807) is 13.2 Å². The van der Waals surface area contributed by atoms with Crippen LogP contribution in [0, 0.1) is 0 Å². The number of hydrogen-bond acceptors (Lipinski definition) is 2. The van der Waals surface area contributed by atoms with Crippen molar-refractivity contribution in [2.24, 2.45) is 4.99 Å². The highest BCUT2D eigenvalue weighted by Gasteiger charge is 2.00. The van der Waals surface area contributed by atoms with Gasteiger partial charge >= 0.3 is 0 Å². The standard InChI is InChI=1S/C16H23N5/c1-3-7-19-16(17-2)20-11-14-5-4-6-15(10-14)12-21-9-8-18-13-21/h4-6,8-10,13H,3,7,11-12H2,1-2H3,(H2,17,19,20). The van der Waals surface area contributed by atoms with E-state index in [0.29, 0.717) is 0 Å². The fraction of sp³-hybridized carbons (Fsp3) is 0.375. The highest BCUT2D eigenvalue weighted by Crippen LogP contribution is 2.07. The van der Waals surface area contributed by atoms with Crippen LogP contribution in [0.3, 0.4) is 0 Å². The van der Waals surface area contributed by atoms with Gasteiger partial charge in [-0.15, -0.1) is 0 Å². The number of aliphatic imine (C=N–C) groups is 1. The lowest BCUT2D eigenvalue weighted by molar-refractivity contribution is 0.775. The molecule has 0 aliphatic carbocycles. The number of nitrogens with one attached hydrogen (secondary N) is 2. The Bertz CT molecular complexity index is 560. The first-order chi connectivity index (χ1) is 10.3. The molecule has 0 aliphatic heterocycles. The maximum Gasteiger partial charge on any atom is 0.191 e. The molecule has 0 bridgehead atoms. The Morgan fingerprint density at radius 1 is 1.29 bits per heavy atom. The van der Waals surface area contributed by atoms with Crippen LogP contribution in [-0.2, 0) is 13.1 Å². The molecule has 5 heteroatoms. The molecule has 0 radical (unpaired) electrons. The lowest BCUT2D eigenvalue weighted by atomic mass is 10.1. The summed E-state index contributed by atoms with van der Waals surface area (Å²) >= 11 is 0. The third-order valence-electron chi connectivity index (χ3n) is 3.14. The molecule has 2 N–H and O–H groups in total. The van der Waals surface area contributed by atoms with Crippen molar-refractivity contribution in [1.29, 1.82) is 0 Å². The number of benzene rings is 1. The third kappa shape index (κ3) is 4.95. The second kappa shape index (κ2) is 8.09. The van der Waals surface area contributed by atoms with Crippen molar-refractivity contribution >= 4 is 5.96 Å². The van der Waals surface area contributed by atoms with Crippen molar-refractivity contribution in [2.45, 2.75) is 26.4 Å². The van der Waals surface area contributed by atoms with Crippen molar-refractivity contribution in [3.8, 4) is 0 Å². The molecule has 1 heterocycles. The van der Waals surface area contributed by atoms with E-state index in [2.05, 4.69) is 56.4 Å². The van der Waals surface area contributed by atoms with Crippen LogP contribution in [0.25, 0.3) is 0 Å². The Morgan fingerprint density at radius 3 is 2.86 bits per heavy atom. The number of hydrogen-bond donors (Lipinski definition) is 2. The Morgan fingerprint density at radius 2 is 2.14 bits per heavy atom. The lowest BCUT2D eigenvalue weighted by Gasteiger charge is -2.12. The average molecular weight is 285 g/mol. The molecule has 1 aromatic carbocycles. The Hall–Kier alpha value is -2.30. The summed E-state index contributed by atoms with van der Waals surface area (Å²) in [6.07, 6.45) is 6.69. The molecule has 5 nitrogen and oxygen atoms in total. The maximum absolute atomic E-state index is 4.21. The summed E-state index contributed by atoms with van der Waals surface area (Å²) in [5.41, 5.74) is 2.51. The summed E-state index contributed by atoms with van der Waals surface area (Å²) in [6, 6.07) is 8.55. The van der Waals surface area contributed by atoms with Gasteiger partial charge < -0.3 is 15.2 Å². The van der Waals surface area contributed by atoms with Crippen LogP contribution in [0.2, 0.25) is 0 Å². The second-order valence-electron chi connectivity index (χ2n) is 4.91. The van der Waals surface area contributed by atoms with Crippen LogP contribution in [0.4, 0.5) is 0 Å². The molecule has 0 saturated heterocycles. The fourth-order valence-corrected chi connectivity index (χ4v) is 2.08. The first-order valence-electron chi connectivity index (χ1n) is 7.30. The van der Waals surface area contributed by atoms with E-state index in [1.165, 1.54) is 11.1 Å². The van der Waals surface area contributed by atoms with Gasteiger partial charge in [0.05, 0.1) is 6.33 Å². The van der Waals surface area contributed by atoms with Crippen LogP contribution in [-0.4, -0.2) is 29.1 Å². The molecule has 2 rings (SSSR count). The van der Waals surface area contributed by atoms with Gasteiger partial charge in [0, 0.05) is 39.1 Å². The molecule has 21 heavy (non-hydrogen) atoms. The van der Waals surface area contributed by atoms with E-state index >= 15 is 0 Å². The average Bonchev–Trinajstić information content (AvgIpc) is 3.01. The van der Waals surface area contributed by atoms with Gasteiger partial charge in [-0.3, -0.25) is 4.99 Å². The summed E-state index contributed by atoms with van der Waals surface area (Å²) in [7, 11) is 1.79. The molecule has 0 aliphatic rings. The maximum atomic E-state index is 4.21. The zero-order valence-electron chi connectivity index (χ0n) is 12.7. The van der Waals surface area contributed by atoms with E-state index in [-0.39, 0.29) is 0 Å². The topological polar surface area (TPSA) is 54.2 Å². The molecule has 0 fully saturated rings. The van der Waals surface area contributed by atoms with Gasteiger partial charge in [0.15, 0.2) is 5.96 Å². The minimum atomic E-state index is 0.765. The second-order valence-corrected chi connectivity index (χ2v) is 4.91. The molecule has 112 valence electrons. The molecule has 0 amide bonds. The molecule has 1 aromatic heterocycles. The minimum absolute atomic E-state index is 0.765. The zero-order valence-corrected chi connectivity index (χ0v) is 12.7. The summed E-state index contributed by atoms with van der Waals surface area (Å²) in [4.78, 5) is 8.27.